The van der Waals surface area contributed by atoms with Crippen molar-refractivity contribution in [1.82, 2.24) is 15.1 Å². The minimum atomic E-state index is 0.370. The SMILES string of the molecule is CCCNCC(C)(C)CN1CCC(N2CCOCC2)C1. The first-order valence-corrected chi connectivity index (χ1v) is 8.35. The van der Waals surface area contributed by atoms with Crippen molar-refractivity contribution in [3.63, 3.8) is 0 Å². The predicted octanol–water partition coefficient (Wildman–Crippen LogP) is 1.42. The van der Waals surface area contributed by atoms with Gasteiger partial charge in [-0.1, -0.05) is 20.8 Å². The summed E-state index contributed by atoms with van der Waals surface area (Å²) >= 11 is 0. The van der Waals surface area contributed by atoms with E-state index in [2.05, 4.69) is 35.9 Å². The monoisotopic (exact) mass is 283 g/mol. The molecule has 1 atom stereocenters. The maximum absolute atomic E-state index is 5.46. The molecule has 1 unspecified atom stereocenters. The topological polar surface area (TPSA) is 27.7 Å². The Balaban J connectivity index is 1.71. The first kappa shape index (κ1) is 16.2. The summed E-state index contributed by atoms with van der Waals surface area (Å²) in [6.07, 6.45) is 2.55. The van der Waals surface area contributed by atoms with Crippen LogP contribution in [0, 0.1) is 5.41 Å². The summed E-state index contributed by atoms with van der Waals surface area (Å²) in [5.74, 6) is 0. The van der Waals surface area contributed by atoms with Crippen LogP contribution in [0.3, 0.4) is 0 Å². The highest BCUT2D eigenvalue weighted by atomic mass is 16.5. The fourth-order valence-electron chi connectivity index (χ4n) is 3.46. The lowest BCUT2D eigenvalue weighted by Gasteiger charge is -2.34. The zero-order valence-electron chi connectivity index (χ0n) is 13.7. The summed E-state index contributed by atoms with van der Waals surface area (Å²) in [4.78, 5) is 5.29. The normalized spacial score (nSPS) is 26.2. The van der Waals surface area contributed by atoms with E-state index in [1.165, 1.54) is 32.5 Å². The third kappa shape index (κ3) is 4.99. The van der Waals surface area contributed by atoms with E-state index in [9.17, 15) is 0 Å². The molecule has 118 valence electrons. The molecule has 0 saturated carbocycles. The van der Waals surface area contributed by atoms with Crippen molar-refractivity contribution in [1.29, 1.82) is 0 Å². The predicted molar refractivity (Wildman–Crippen MR) is 84.2 cm³/mol. The highest BCUT2D eigenvalue weighted by molar-refractivity contribution is 4.87. The lowest BCUT2D eigenvalue weighted by Crippen LogP contribution is -2.46. The Morgan fingerprint density at radius 2 is 1.95 bits per heavy atom. The fourth-order valence-corrected chi connectivity index (χ4v) is 3.46. The van der Waals surface area contributed by atoms with Crippen molar-refractivity contribution >= 4 is 0 Å². The number of morpholine rings is 1. The van der Waals surface area contributed by atoms with Gasteiger partial charge in [0.05, 0.1) is 13.2 Å². The Labute approximate surface area is 124 Å². The fraction of sp³-hybridized carbons (Fsp3) is 1.00. The second-order valence-corrected chi connectivity index (χ2v) is 7.17. The first-order valence-electron chi connectivity index (χ1n) is 8.35. The third-order valence-electron chi connectivity index (χ3n) is 4.49. The molecule has 4 heteroatoms. The van der Waals surface area contributed by atoms with Gasteiger partial charge in [-0.25, -0.2) is 0 Å². The highest BCUT2D eigenvalue weighted by Gasteiger charge is 2.31. The van der Waals surface area contributed by atoms with Gasteiger partial charge in [0, 0.05) is 38.8 Å². The quantitative estimate of drug-likeness (QED) is 0.715. The molecule has 0 aromatic rings. The average Bonchev–Trinajstić information content (AvgIpc) is 2.87. The van der Waals surface area contributed by atoms with Gasteiger partial charge in [-0.2, -0.15) is 0 Å². The molecule has 2 saturated heterocycles. The third-order valence-corrected chi connectivity index (χ3v) is 4.49. The van der Waals surface area contributed by atoms with Crippen LogP contribution in [0.4, 0.5) is 0 Å². The summed E-state index contributed by atoms with van der Waals surface area (Å²) < 4.78 is 5.46. The van der Waals surface area contributed by atoms with E-state index in [1.807, 2.05) is 0 Å². The molecule has 0 spiro atoms. The second kappa shape index (κ2) is 7.74. The minimum absolute atomic E-state index is 0.370. The van der Waals surface area contributed by atoms with E-state index in [0.29, 0.717) is 5.41 Å². The van der Waals surface area contributed by atoms with Crippen molar-refractivity contribution in [3.05, 3.63) is 0 Å². The first-order chi connectivity index (χ1) is 9.61. The van der Waals surface area contributed by atoms with Crippen LogP contribution in [-0.2, 0) is 4.74 Å². The van der Waals surface area contributed by atoms with Crippen molar-refractivity contribution in [3.8, 4) is 0 Å². The molecule has 2 rings (SSSR count). The number of hydrogen-bond donors (Lipinski definition) is 1. The van der Waals surface area contributed by atoms with E-state index in [-0.39, 0.29) is 0 Å². The van der Waals surface area contributed by atoms with Gasteiger partial charge in [0.2, 0.25) is 0 Å². The molecule has 0 radical (unpaired) electrons. The highest BCUT2D eigenvalue weighted by Crippen LogP contribution is 2.22. The summed E-state index contributed by atoms with van der Waals surface area (Å²) in [5, 5.41) is 3.57. The summed E-state index contributed by atoms with van der Waals surface area (Å²) in [7, 11) is 0. The van der Waals surface area contributed by atoms with Crippen LogP contribution < -0.4 is 5.32 Å². The van der Waals surface area contributed by atoms with E-state index >= 15 is 0 Å². The molecule has 2 heterocycles. The average molecular weight is 283 g/mol. The van der Waals surface area contributed by atoms with Gasteiger partial charge in [-0.3, -0.25) is 4.90 Å². The van der Waals surface area contributed by atoms with Crippen LogP contribution in [0.15, 0.2) is 0 Å². The Hall–Kier alpha value is -0.160. The molecular formula is C16H33N3O. The summed E-state index contributed by atoms with van der Waals surface area (Å²) in [5.41, 5.74) is 0.370. The largest absolute Gasteiger partial charge is 0.379 e. The van der Waals surface area contributed by atoms with Crippen molar-refractivity contribution in [2.24, 2.45) is 5.41 Å². The number of ether oxygens (including phenoxy) is 1. The maximum atomic E-state index is 5.46. The summed E-state index contributed by atoms with van der Waals surface area (Å²) in [6.45, 7) is 17.1. The van der Waals surface area contributed by atoms with Crippen LogP contribution in [0.1, 0.15) is 33.6 Å². The molecule has 2 aliphatic heterocycles. The molecular weight excluding hydrogens is 250 g/mol. The van der Waals surface area contributed by atoms with Gasteiger partial charge < -0.3 is 15.0 Å². The van der Waals surface area contributed by atoms with Crippen LogP contribution in [0.25, 0.3) is 0 Å². The number of likely N-dealkylation sites (tertiary alicyclic amines) is 1. The van der Waals surface area contributed by atoms with Crippen LogP contribution in [0.5, 0.6) is 0 Å². The van der Waals surface area contributed by atoms with Crippen molar-refractivity contribution < 1.29 is 4.74 Å². The molecule has 2 aliphatic rings. The standard InChI is InChI=1S/C16H33N3O/c1-4-6-17-13-16(2,3)14-18-7-5-15(12-18)19-8-10-20-11-9-19/h15,17H,4-14H2,1-3H3. The molecule has 4 nitrogen and oxygen atoms in total. The Bertz CT molecular complexity index is 277. The molecule has 0 aliphatic carbocycles. The zero-order chi connectivity index (χ0) is 14.4. The number of nitrogens with zero attached hydrogens (tertiary/aromatic N) is 2. The van der Waals surface area contributed by atoms with E-state index in [1.54, 1.807) is 0 Å². The van der Waals surface area contributed by atoms with E-state index < -0.39 is 0 Å². The smallest absolute Gasteiger partial charge is 0.0594 e. The second-order valence-electron chi connectivity index (χ2n) is 7.17. The van der Waals surface area contributed by atoms with E-state index in [0.717, 1.165) is 45.4 Å². The van der Waals surface area contributed by atoms with Gasteiger partial charge in [0.1, 0.15) is 0 Å². The van der Waals surface area contributed by atoms with Gasteiger partial charge in [0.25, 0.3) is 0 Å². The van der Waals surface area contributed by atoms with Gasteiger partial charge in [0.15, 0.2) is 0 Å². The number of rotatable bonds is 7. The van der Waals surface area contributed by atoms with Gasteiger partial charge in [-0.05, 0) is 31.3 Å². The van der Waals surface area contributed by atoms with Crippen LogP contribution >= 0.6 is 0 Å². The molecule has 0 aromatic heterocycles. The zero-order valence-corrected chi connectivity index (χ0v) is 13.7. The molecule has 0 amide bonds. The van der Waals surface area contributed by atoms with Gasteiger partial charge in [-0.15, -0.1) is 0 Å². The maximum Gasteiger partial charge on any atom is 0.0594 e. The van der Waals surface area contributed by atoms with Crippen molar-refractivity contribution in [2.75, 3.05) is 59.0 Å². The lowest BCUT2D eigenvalue weighted by atomic mass is 9.92. The van der Waals surface area contributed by atoms with Crippen molar-refractivity contribution in [2.45, 2.75) is 39.7 Å². The molecule has 0 bridgehead atoms. The van der Waals surface area contributed by atoms with Crippen LogP contribution in [0.2, 0.25) is 0 Å². The summed E-state index contributed by atoms with van der Waals surface area (Å²) in [6, 6.07) is 0.762. The lowest BCUT2D eigenvalue weighted by molar-refractivity contribution is 0.0178. The van der Waals surface area contributed by atoms with Crippen LogP contribution in [-0.4, -0.2) is 74.9 Å². The Morgan fingerprint density at radius 1 is 1.20 bits per heavy atom. The van der Waals surface area contributed by atoms with E-state index in [4.69, 9.17) is 4.74 Å². The molecule has 1 N–H and O–H groups in total. The number of hydrogen-bond acceptors (Lipinski definition) is 4. The molecule has 0 aromatic carbocycles. The molecule has 2 fully saturated rings. The number of nitrogens with one attached hydrogen (secondary N) is 1. The van der Waals surface area contributed by atoms with Gasteiger partial charge >= 0.3 is 0 Å². The minimum Gasteiger partial charge on any atom is -0.379 e. The Morgan fingerprint density at radius 3 is 2.65 bits per heavy atom. The molecule has 20 heavy (non-hydrogen) atoms. The Kier molecular flexibility index (Phi) is 6.27.